The molecule has 0 heterocycles. The van der Waals surface area contributed by atoms with Crippen molar-refractivity contribution in [3.8, 4) is 17.2 Å². The van der Waals surface area contributed by atoms with Gasteiger partial charge >= 0.3 is 0 Å². The minimum absolute atomic E-state index is 0.0822. The Bertz CT molecular complexity index is 1060. The van der Waals surface area contributed by atoms with E-state index in [4.69, 9.17) is 28.4 Å². The van der Waals surface area contributed by atoms with Gasteiger partial charge in [0.1, 0.15) is 29.5 Å². The molecule has 0 aliphatic heterocycles. The normalized spacial score (nSPS) is 13.4. The summed E-state index contributed by atoms with van der Waals surface area (Å²) in [5.74, 6) is 2.33. The third-order valence-corrected chi connectivity index (χ3v) is 6.09. The molecule has 0 amide bonds. The Morgan fingerprint density at radius 3 is 1.50 bits per heavy atom. The Morgan fingerprint density at radius 2 is 1.08 bits per heavy atom. The number of aliphatic hydroxyl groups excluding tert-OH is 1. The van der Waals surface area contributed by atoms with Crippen LogP contribution in [-0.2, 0) is 34.0 Å². The molecule has 3 aromatic carbocycles. The molecule has 0 fully saturated rings. The van der Waals surface area contributed by atoms with Gasteiger partial charge in [-0.05, 0) is 59.5 Å². The van der Waals surface area contributed by atoms with E-state index in [0.717, 1.165) is 33.9 Å². The first-order valence-corrected chi connectivity index (χ1v) is 12.5. The highest BCUT2D eigenvalue weighted by Gasteiger charge is 2.30. The van der Waals surface area contributed by atoms with E-state index in [-0.39, 0.29) is 6.61 Å². The Morgan fingerprint density at radius 1 is 0.658 bits per heavy atom. The van der Waals surface area contributed by atoms with Gasteiger partial charge in [-0.3, -0.25) is 0 Å². The van der Waals surface area contributed by atoms with Crippen LogP contribution in [0, 0.1) is 0 Å². The summed E-state index contributed by atoms with van der Waals surface area (Å²) in [5.41, 5.74) is 2.92. The average Bonchev–Trinajstić information content (AvgIpc) is 2.96. The van der Waals surface area contributed by atoms with Crippen molar-refractivity contribution in [3.05, 3.63) is 102 Å². The van der Waals surface area contributed by atoms with E-state index in [1.54, 1.807) is 27.4 Å². The molecule has 0 saturated carbocycles. The number of aliphatic hydroxyl groups is 1. The Kier molecular flexibility index (Phi) is 12.1. The molecular weight excluding hydrogens is 484 g/mol. The van der Waals surface area contributed by atoms with Crippen LogP contribution in [0.5, 0.6) is 17.2 Å². The lowest BCUT2D eigenvalue weighted by molar-refractivity contribution is -0.146. The highest BCUT2D eigenvalue weighted by atomic mass is 16.6. The third kappa shape index (κ3) is 9.19. The van der Waals surface area contributed by atoms with Gasteiger partial charge in [-0.15, -0.1) is 6.58 Å². The van der Waals surface area contributed by atoms with Gasteiger partial charge in [0, 0.05) is 0 Å². The molecule has 3 atom stereocenters. The van der Waals surface area contributed by atoms with Crippen molar-refractivity contribution >= 4 is 0 Å². The summed E-state index contributed by atoms with van der Waals surface area (Å²) in [6.45, 7) is 4.97. The number of hydrogen-bond acceptors (Lipinski definition) is 7. The fraction of sp³-hybridized carbons (Fsp3) is 0.355. The van der Waals surface area contributed by atoms with Crippen molar-refractivity contribution < 1.29 is 33.5 Å². The second-order valence-corrected chi connectivity index (χ2v) is 8.78. The first-order valence-electron chi connectivity index (χ1n) is 12.5. The zero-order valence-corrected chi connectivity index (χ0v) is 22.4. The van der Waals surface area contributed by atoms with E-state index in [0.29, 0.717) is 26.2 Å². The molecule has 0 saturated heterocycles. The molecule has 7 nitrogen and oxygen atoms in total. The molecule has 1 N–H and O–H groups in total. The molecule has 204 valence electrons. The van der Waals surface area contributed by atoms with Crippen LogP contribution in [0.2, 0.25) is 0 Å². The van der Waals surface area contributed by atoms with Gasteiger partial charge in [0.25, 0.3) is 0 Å². The standard InChI is InChI=1S/C31H38O7/c1-5-6-30(37-20-24-9-15-27(34-3)16-10-24)31(38-21-25-11-17-28(35-4)18-12-25)29(32)22-36-19-23-7-13-26(33-2)14-8-23/h5,7-18,29-32H,1,6,19-22H2,2-4H3/t29-,30-,31-/m1/s1. The maximum atomic E-state index is 11.2. The SMILES string of the molecule is C=CC[C@@H](OCc1ccc(OC)cc1)[C@H](OCc1ccc(OC)cc1)[C@H](O)COCc1ccc(OC)cc1. The van der Waals surface area contributed by atoms with Crippen molar-refractivity contribution in [2.75, 3.05) is 27.9 Å². The zero-order chi connectivity index (χ0) is 27.2. The van der Waals surface area contributed by atoms with Crippen LogP contribution in [0.4, 0.5) is 0 Å². The van der Waals surface area contributed by atoms with Crippen molar-refractivity contribution in [2.24, 2.45) is 0 Å². The number of methoxy groups -OCH3 is 3. The average molecular weight is 523 g/mol. The van der Waals surface area contributed by atoms with Crippen LogP contribution in [0.1, 0.15) is 23.1 Å². The van der Waals surface area contributed by atoms with Gasteiger partial charge in [-0.2, -0.15) is 0 Å². The smallest absolute Gasteiger partial charge is 0.118 e. The summed E-state index contributed by atoms with van der Waals surface area (Å²) in [4.78, 5) is 0. The number of ether oxygens (including phenoxy) is 6. The summed E-state index contributed by atoms with van der Waals surface area (Å²) >= 11 is 0. The summed E-state index contributed by atoms with van der Waals surface area (Å²) in [6.07, 6.45) is 0.260. The lowest BCUT2D eigenvalue weighted by Crippen LogP contribution is -2.43. The second kappa shape index (κ2) is 15.8. The molecule has 0 aliphatic rings. The van der Waals surface area contributed by atoms with Gasteiger partial charge in [0.05, 0.1) is 53.9 Å². The Balaban J connectivity index is 1.67. The van der Waals surface area contributed by atoms with Gasteiger partial charge in [-0.25, -0.2) is 0 Å². The van der Waals surface area contributed by atoms with E-state index in [1.165, 1.54) is 0 Å². The number of hydrogen-bond donors (Lipinski definition) is 1. The Labute approximate surface area is 225 Å². The predicted octanol–water partition coefficient (Wildman–Crippen LogP) is 5.34. The lowest BCUT2D eigenvalue weighted by atomic mass is 10.0. The summed E-state index contributed by atoms with van der Waals surface area (Å²) in [7, 11) is 4.89. The molecule has 0 unspecified atom stereocenters. The quantitative estimate of drug-likeness (QED) is 0.240. The number of benzene rings is 3. The monoisotopic (exact) mass is 522 g/mol. The van der Waals surface area contributed by atoms with Crippen molar-refractivity contribution in [3.63, 3.8) is 0 Å². The Hall–Kier alpha value is -3.36. The molecule has 0 bridgehead atoms. The first-order chi connectivity index (χ1) is 18.6. The van der Waals surface area contributed by atoms with Gasteiger partial charge in [0.15, 0.2) is 0 Å². The van der Waals surface area contributed by atoms with Crippen molar-refractivity contribution in [1.82, 2.24) is 0 Å². The van der Waals surface area contributed by atoms with E-state index in [2.05, 4.69) is 6.58 Å². The molecule has 3 rings (SSSR count). The molecular formula is C31H38O7. The zero-order valence-electron chi connectivity index (χ0n) is 22.4. The van der Waals surface area contributed by atoms with Gasteiger partial charge in [-0.1, -0.05) is 42.5 Å². The summed E-state index contributed by atoms with van der Waals surface area (Å²) < 4.78 is 34.0. The fourth-order valence-electron chi connectivity index (χ4n) is 3.88. The first kappa shape index (κ1) is 29.2. The maximum absolute atomic E-state index is 11.2. The molecule has 3 aromatic rings. The molecule has 0 spiro atoms. The predicted molar refractivity (Wildman–Crippen MR) is 147 cm³/mol. The van der Waals surface area contributed by atoms with Crippen molar-refractivity contribution in [1.29, 1.82) is 0 Å². The summed E-state index contributed by atoms with van der Waals surface area (Å²) in [5, 5.41) is 11.2. The highest BCUT2D eigenvalue weighted by Crippen LogP contribution is 2.21. The molecule has 0 aliphatic carbocycles. The summed E-state index contributed by atoms with van der Waals surface area (Å²) in [6, 6.07) is 22.9. The van der Waals surface area contributed by atoms with Crippen molar-refractivity contribution in [2.45, 2.75) is 44.6 Å². The lowest BCUT2D eigenvalue weighted by Gasteiger charge is -2.31. The van der Waals surface area contributed by atoms with Gasteiger partial charge < -0.3 is 33.5 Å². The third-order valence-electron chi connectivity index (χ3n) is 6.09. The van der Waals surface area contributed by atoms with Gasteiger partial charge in [0.2, 0.25) is 0 Å². The molecule has 0 aromatic heterocycles. The maximum Gasteiger partial charge on any atom is 0.118 e. The molecule has 7 heteroatoms. The molecule has 0 radical (unpaired) electrons. The minimum Gasteiger partial charge on any atom is -0.497 e. The van der Waals surface area contributed by atoms with Crippen LogP contribution in [0.3, 0.4) is 0 Å². The largest absolute Gasteiger partial charge is 0.497 e. The fourth-order valence-corrected chi connectivity index (χ4v) is 3.88. The second-order valence-electron chi connectivity index (χ2n) is 8.78. The van der Waals surface area contributed by atoms with Crippen LogP contribution in [0.25, 0.3) is 0 Å². The minimum atomic E-state index is -0.924. The van der Waals surface area contributed by atoms with E-state index >= 15 is 0 Å². The topological polar surface area (TPSA) is 75.6 Å². The van der Waals surface area contributed by atoms with E-state index < -0.39 is 18.3 Å². The van der Waals surface area contributed by atoms with E-state index in [9.17, 15) is 5.11 Å². The van der Waals surface area contributed by atoms with Crippen LogP contribution >= 0.6 is 0 Å². The highest BCUT2D eigenvalue weighted by molar-refractivity contribution is 5.28. The van der Waals surface area contributed by atoms with E-state index in [1.807, 2.05) is 72.8 Å². The van der Waals surface area contributed by atoms with Crippen LogP contribution in [-0.4, -0.2) is 51.4 Å². The molecule has 38 heavy (non-hydrogen) atoms. The number of rotatable bonds is 17. The van der Waals surface area contributed by atoms with Crippen LogP contribution in [0.15, 0.2) is 85.5 Å². The van der Waals surface area contributed by atoms with Crippen LogP contribution < -0.4 is 14.2 Å².